The highest BCUT2D eigenvalue weighted by Gasteiger charge is 2.31. The minimum Gasteiger partial charge on any atom is -0.298 e. The summed E-state index contributed by atoms with van der Waals surface area (Å²) in [6.07, 6.45) is 1.000. The maximum absolute atomic E-state index is 13.5. The van der Waals surface area contributed by atoms with Gasteiger partial charge in [-0.25, -0.2) is 22.2 Å². The average molecular weight is 492 g/mol. The summed E-state index contributed by atoms with van der Waals surface area (Å²) in [5, 5.41) is 4.56. The lowest BCUT2D eigenvalue weighted by atomic mass is 9.94. The summed E-state index contributed by atoms with van der Waals surface area (Å²) in [4.78, 5) is 17.0. The van der Waals surface area contributed by atoms with Crippen LogP contribution >= 0.6 is 11.3 Å². The van der Waals surface area contributed by atoms with E-state index in [2.05, 4.69) is 10.3 Å². The van der Waals surface area contributed by atoms with Crippen molar-refractivity contribution in [3.63, 3.8) is 0 Å². The Bertz CT molecular complexity index is 1270. The molecule has 1 saturated heterocycles. The number of hydrogen-bond acceptors (Lipinski definition) is 5. The van der Waals surface area contributed by atoms with Gasteiger partial charge in [-0.05, 0) is 60.7 Å². The van der Waals surface area contributed by atoms with Gasteiger partial charge in [-0.15, -0.1) is 11.3 Å². The molecule has 174 valence electrons. The molecule has 0 saturated carbocycles. The van der Waals surface area contributed by atoms with Crippen LogP contribution in [0.15, 0.2) is 52.7 Å². The lowest BCUT2D eigenvalue weighted by molar-refractivity contribution is 0.102. The zero-order valence-corrected chi connectivity index (χ0v) is 19.7. The van der Waals surface area contributed by atoms with E-state index < -0.39 is 27.6 Å². The van der Waals surface area contributed by atoms with Crippen LogP contribution < -0.4 is 5.32 Å². The van der Waals surface area contributed by atoms with Crippen LogP contribution in [0.1, 0.15) is 30.6 Å². The Morgan fingerprint density at radius 1 is 1.06 bits per heavy atom. The van der Waals surface area contributed by atoms with Crippen molar-refractivity contribution in [2.45, 2.75) is 25.2 Å². The number of piperidine rings is 1. The molecule has 1 amide bonds. The molecule has 6 nitrogen and oxygen atoms in total. The zero-order chi connectivity index (χ0) is 23.8. The van der Waals surface area contributed by atoms with Crippen molar-refractivity contribution in [3.05, 3.63) is 65.0 Å². The van der Waals surface area contributed by atoms with E-state index in [1.165, 1.54) is 34.6 Å². The lowest BCUT2D eigenvalue weighted by Gasteiger charge is -2.34. The second-order valence-electron chi connectivity index (χ2n) is 8.41. The van der Waals surface area contributed by atoms with Crippen LogP contribution in [0.2, 0.25) is 0 Å². The van der Waals surface area contributed by atoms with Crippen molar-refractivity contribution in [1.29, 1.82) is 0 Å². The average Bonchev–Trinajstić information content (AvgIpc) is 3.23. The number of anilines is 1. The molecule has 0 aliphatic carbocycles. The van der Waals surface area contributed by atoms with Gasteiger partial charge in [0.2, 0.25) is 10.0 Å². The number of benzene rings is 2. The summed E-state index contributed by atoms with van der Waals surface area (Å²) in [6, 6.07) is 9.25. The van der Waals surface area contributed by atoms with Gasteiger partial charge in [-0.2, -0.15) is 4.31 Å². The number of amides is 1. The molecule has 0 spiro atoms. The zero-order valence-electron chi connectivity index (χ0n) is 18.1. The van der Waals surface area contributed by atoms with Crippen LogP contribution in [-0.2, 0) is 10.0 Å². The number of aromatic nitrogens is 1. The van der Waals surface area contributed by atoms with E-state index in [1.54, 1.807) is 5.38 Å². The maximum Gasteiger partial charge on any atom is 0.257 e. The summed E-state index contributed by atoms with van der Waals surface area (Å²) in [5.74, 6) is -1.79. The van der Waals surface area contributed by atoms with Gasteiger partial charge in [-0.1, -0.05) is 13.8 Å². The van der Waals surface area contributed by atoms with Crippen LogP contribution in [0.25, 0.3) is 11.3 Å². The molecule has 1 aromatic heterocycles. The van der Waals surface area contributed by atoms with Crippen molar-refractivity contribution in [2.75, 3.05) is 18.4 Å². The smallest absolute Gasteiger partial charge is 0.257 e. The number of nitrogens with zero attached hydrogens (tertiary/aromatic N) is 2. The molecule has 10 heteroatoms. The molecule has 0 bridgehead atoms. The van der Waals surface area contributed by atoms with E-state index in [0.717, 1.165) is 29.9 Å². The summed E-state index contributed by atoms with van der Waals surface area (Å²) in [7, 11) is -3.63. The van der Waals surface area contributed by atoms with Crippen molar-refractivity contribution in [1.82, 2.24) is 9.29 Å². The third kappa shape index (κ3) is 5.13. The Morgan fingerprint density at radius 3 is 2.36 bits per heavy atom. The van der Waals surface area contributed by atoms with Gasteiger partial charge in [0, 0.05) is 29.6 Å². The van der Waals surface area contributed by atoms with E-state index in [-0.39, 0.29) is 15.6 Å². The van der Waals surface area contributed by atoms with Gasteiger partial charge < -0.3 is 0 Å². The fraction of sp³-hybridized carbons (Fsp3) is 0.304. The van der Waals surface area contributed by atoms with Crippen molar-refractivity contribution >= 4 is 32.4 Å². The van der Waals surface area contributed by atoms with E-state index in [4.69, 9.17) is 0 Å². The van der Waals surface area contributed by atoms with E-state index in [1.807, 2.05) is 13.8 Å². The van der Waals surface area contributed by atoms with Crippen molar-refractivity contribution in [2.24, 2.45) is 11.8 Å². The highest BCUT2D eigenvalue weighted by atomic mass is 32.2. The Hall–Kier alpha value is -2.69. The monoisotopic (exact) mass is 491 g/mol. The molecule has 2 atom stereocenters. The first-order chi connectivity index (χ1) is 15.6. The third-order valence-corrected chi connectivity index (χ3v) is 8.13. The van der Waals surface area contributed by atoms with E-state index >= 15 is 0 Å². The summed E-state index contributed by atoms with van der Waals surface area (Å²) < 4.78 is 54.1. The normalized spacial score (nSPS) is 19.4. The maximum atomic E-state index is 13.5. The second-order valence-corrected chi connectivity index (χ2v) is 11.2. The first kappa shape index (κ1) is 23.5. The molecular formula is C23H23F2N3O3S2. The Kier molecular flexibility index (Phi) is 6.60. The molecule has 0 radical (unpaired) electrons. The highest BCUT2D eigenvalue weighted by molar-refractivity contribution is 7.89. The topological polar surface area (TPSA) is 79.4 Å². The van der Waals surface area contributed by atoms with Gasteiger partial charge in [-0.3, -0.25) is 10.1 Å². The number of carbonyl (C=O) groups is 1. The van der Waals surface area contributed by atoms with Crippen LogP contribution in [0.5, 0.6) is 0 Å². The van der Waals surface area contributed by atoms with Gasteiger partial charge in [0.15, 0.2) is 16.8 Å². The number of thiazole rings is 1. The Morgan fingerprint density at radius 2 is 1.73 bits per heavy atom. The molecule has 2 unspecified atom stereocenters. The number of rotatable bonds is 5. The quantitative estimate of drug-likeness (QED) is 0.544. The molecular weight excluding hydrogens is 468 g/mol. The van der Waals surface area contributed by atoms with Crippen LogP contribution in [0, 0.1) is 23.5 Å². The number of halogens is 2. The molecule has 1 aliphatic rings. The van der Waals surface area contributed by atoms with Crippen molar-refractivity contribution < 1.29 is 22.0 Å². The number of nitrogens with one attached hydrogen (secondary N) is 1. The molecule has 1 fully saturated rings. The fourth-order valence-electron chi connectivity index (χ4n) is 4.02. The highest BCUT2D eigenvalue weighted by Crippen LogP contribution is 2.28. The van der Waals surface area contributed by atoms with Gasteiger partial charge in [0.1, 0.15) is 0 Å². The van der Waals surface area contributed by atoms with Gasteiger partial charge >= 0.3 is 0 Å². The molecule has 1 N–H and O–H groups in total. The standard InChI is InChI=1S/C23H23F2N3O3S2/c1-14-9-15(2)12-28(11-14)33(30,31)18-6-3-16(4-7-18)22(29)27-23-26-21(13-32-23)17-5-8-19(24)20(25)10-17/h3-8,10,13-15H,9,11-12H2,1-2H3,(H,26,27,29). The minimum atomic E-state index is -3.63. The number of carbonyl (C=O) groups excluding carboxylic acids is 1. The molecule has 2 heterocycles. The largest absolute Gasteiger partial charge is 0.298 e. The van der Waals surface area contributed by atoms with Gasteiger partial charge in [0.05, 0.1) is 10.6 Å². The summed E-state index contributed by atoms with van der Waals surface area (Å²) >= 11 is 1.14. The first-order valence-corrected chi connectivity index (χ1v) is 12.8. The number of sulfonamides is 1. The molecule has 2 aromatic carbocycles. The second kappa shape index (κ2) is 9.28. The molecule has 4 rings (SSSR count). The first-order valence-electron chi connectivity index (χ1n) is 10.5. The van der Waals surface area contributed by atoms with E-state index in [0.29, 0.717) is 36.2 Å². The molecule has 3 aromatic rings. The number of hydrogen-bond donors (Lipinski definition) is 1. The lowest BCUT2D eigenvalue weighted by Crippen LogP contribution is -2.42. The summed E-state index contributed by atoms with van der Waals surface area (Å²) in [5.41, 5.74) is 1.07. The van der Waals surface area contributed by atoms with Crippen molar-refractivity contribution in [3.8, 4) is 11.3 Å². The van der Waals surface area contributed by atoms with Crippen LogP contribution in [0.4, 0.5) is 13.9 Å². The van der Waals surface area contributed by atoms with Gasteiger partial charge in [0.25, 0.3) is 5.91 Å². The minimum absolute atomic E-state index is 0.148. The summed E-state index contributed by atoms with van der Waals surface area (Å²) in [6.45, 7) is 5.06. The molecule has 1 aliphatic heterocycles. The predicted molar refractivity (Wildman–Crippen MR) is 124 cm³/mol. The molecule has 33 heavy (non-hydrogen) atoms. The van der Waals surface area contributed by atoms with E-state index in [9.17, 15) is 22.0 Å². The van der Waals surface area contributed by atoms with Crippen LogP contribution in [-0.4, -0.2) is 36.7 Å². The third-order valence-electron chi connectivity index (χ3n) is 5.53. The Labute approximate surface area is 195 Å². The van der Waals surface area contributed by atoms with Crippen LogP contribution in [0.3, 0.4) is 0 Å². The predicted octanol–water partition coefficient (Wildman–Crippen LogP) is 5.01. The fourth-order valence-corrected chi connectivity index (χ4v) is 6.41. The SMILES string of the molecule is CC1CC(C)CN(S(=O)(=O)c2ccc(C(=O)Nc3nc(-c4ccc(F)c(F)c4)cs3)cc2)C1. The Balaban J connectivity index is 1.46.